The molecule has 0 saturated carbocycles. The largest absolute Gasteiger partial charge is 0.463 e. The van der Waals surface area contributed by atoms with Crippen molar-refractivity contribution in [3.8, 4) is 0 Å². The molecule has 2 rings (SSSR count). The van der Waals surface area contributed by atoms with Crippen molar-refractivity contribution >= 4 is 28.0 Å². The minimum absolute atomic E-state index is 0.365. The van der Waals surface area contributed by atoms with Crippen LogP contribution in [0.4, 0.5) is 0 Å². The Morgan fingerprint density at radius 2 is 1.88 bits per heavy atom. The number of allylic oxidation sites excluding steroid dienone is 5. The lowest BCUT2D eigenvalue weighted by Gasteiger charge is -2.08. The van der Waals surface area contributed by atoms with Crippen molar-refractivity contribution in [1.82, 2.24) is 0 Å². The van der Waals surface area contributed by atoms with Gasteiger partial charge in [-0.2, -0.15) is 0 Å². The van der Waals surface area contributed by atoms with Crippen LogP contribution in [0.2, 0.25) is 0 Å². The quantitative estimate of drug-likeness (QED) is 0.423. The van der Waals surface area contributed by atoms with E-state index in [0.717, 1.165) is 10.0 Å². The van der Waals surface area contributed by atoms with Crippen molar-refractivity contribution in [2.45, 2.75) is 20.5 Å². The number of rotatable bonds is 6. The molecule has 0 aromatic heterocycles. The summed E-state index contributed by atoms with van der Waals surface area (Å²) >= 11 is 3.54. The van der Waals surface area contributed by atoms with Crippen LogP contribution in [0.3, 0.4) is 0 Å². The average molecular weight is 399 g/mol. The van der Waals surface area contributed by atoms with E-state index in [1.807, 2.05) is 61.5 Å². The minimum atomic E-state index is 0.365. The Morgan fingerprint density at radius 3 is 2.48 bits per heavy atom. The molecule has 0 aliphatic carbocycles. The molecule has 0 aliphatic heterocycles. The van der Waals surface area contributed by atoms with E-state index in [-0.39, 0.29) is 0 Å². The van der Waals surface area contributed by atoms with Gasteiger partial charge in [0.05, 0.1) is 0 Å². The fourth-order valence-corrected chi connectivity index (χ4v) is 2.53. The third kappa shape index (κ3) is 7.36. The number of ether oxygens (including phenoxy) is 1. The van der Waals surface area contributed by atoms with Crippen LogP contribution in [-0.4, -0.2) is 6.47 Å². The predicted octanol–water partition coefficient (Wildman–Crippen LogP) is 6.26. The third-order valence-electron chi connectivity index (χ3n) is 3.38. The molecule has 0 amide bonds. The summed E-state index contributed by atoms with van der Waals surface area (Å²) in [6, 6.07) is 15.8. The minimum Gasteiger partial charge on any atom is -0.463 e. The normalized spacial score (nSPS) is 10.8. The van der Waals surface area contributed by atoms with Crippen molar-refractivity contribution in [3.63, 3.8) is 0 Å². The van der Waals surface area contributed by atoms with Crippen LogP contribution in [0.25, 0.3) is 5.57 Å². The molecule has 2 aromatic rings. The van der Waals surface area contributed by atoms with Gasteiger partial charge < -0.3 is 4.74 Å². The van der Waals surface area contributed by atoms with E-state index in [1.54, 1.807) is 0 Å². The molecule has 0 radical (unpaired) electrons. The van der Waals surface area contributed by atoms with Crippen LogP contribution in [0, 0.1) is 6.92 Å². The van der Waals surface area contributed by atoms with Crippen LogP contribution in [0.5, 0.6) is 0 Å². The van der Waals surface area contributed by atoms with Crippen molar-refractivity contribution in [2.24, 2.45) is 0 Å². The third-order valence-corrected chi connectivity index (χ3v) is 4.24. The highest BCUT2D eigenvalue weighted by atomic mass is 79.9. The predicted molar refractivity (Wildman–Crippen MR) is 109 cm³/mol. The van der Waals surface area contributed by atoms with E-state index in [4.69, 9.17) is 0 Å². The number of halogens is 1. The van der Waals surface area contributed by atoms with E-state index in [9.17, 15) is 4.79 Å². The molecule has 2 nitrogen and oxygen atoms in total. The van der Waals surface area contributed by atoms with E-state index in [0.29, 0.717) is 13.1 Å². The standard InChI is InChI=1S/C14H15Br.C8H8O2/c1-4-7-12(8-5-2)13-9-6-10-14(15)11(13)3;9-7-10-6-8-4-2-1-3-5-8/h4-10H,1H2,2-3H3;1-5,7H,6H2/b8-5-,12-7+;. The fraction of sp³-hybridized carbons (Fsp3) is 0.136. The average Bonchev–Trinajstić information content (AvgIpc) is 2.64. The monoisotopic (exact) mass is 398 g/mol. The number of hydrogen-bond acceptors (Lipinski definition) is 2. The van der Waals surface area contributed by atoms with E-state index in [2.05, 4.69) is 52.4 Å². The van der Waals surface area contributed by atoms with E-state index >= 15 is 0 Å². The van der Waals surface area contributed by atoms with Crippen LogP contribution in [0.1, 0.15) is 23.6 Å². The Bertz CT molecular complexity index is 731. The Balaban J connectivity index is 0.000000271. The zero-order chi connectivity index (χ0) is 18.5. The summed E-state index contributed by atoms with van der Waals surface area (Å²) in [5.74, 6) is 0. The number of benzene rings is 2. The van der Waals surface area contributed by atoms with E-state index < -0.39 is 0 Å². The summed E-state index contributed by atoms with van der Waals surface area (Å²) < 4.78 is 5.68. The molecule has 0 spiro atoms. The molecule has 0 heterocycles. The summed E-state index contributed by atoms with van der Waals surface area (Å²) in [5.41, 5.74) is 4.69. The molecule has 0 N–H and O–H groups in total. The lowest BCUT2D eigenvalue weighted by Crippen LogP contribution is -1.88. The molecule has 2 aromatic carbocycles. The van der Waals surface area contributed by atoms with Gasteiger partial charge in [0.15, 0.2) is 0 Å². The molecule has 0 unspecified atom stereocenters. The van der Waals surface area contributed by atoms with Gasteiger partial charge in [0.25, 0.3) is 6.47 Å². The summed E-state index contributed by atoms with van der Waals surface area (Å²) in [4.78, 5) is 9.76. The van der Waals surface area contributed by atoms with Gasteiger partial charge >= 0.3 is 0 Å². The van der Waals surface area contributed by atoms with Gasteiger partial charge in [-0.15, -0.1) is 0 Å². The number of hydrogen-bond donors (Lipinski definition) is 0. The topological polar surface area (TPSA) is 26.3 Å². The molecular weight excluding hydrogens is 376 g/mol. The highest BCUT2D eigenvalue weighted by molar-refractivity contribution is 9.10. The molecule has 25 heavy (non-hydrogen) atoms. The van der Waals surface area contributed by atoms with Gasteiger partial charge in [-0.3, -0.25) is 4.79 Å². The lowest BCUT2D eigenvalue weighted by atomic mass is 10.00. The van der Waals surface area contributed by atoms with Crippen LogP contribution in [0.15, 0.2) is 83.9 Å². The second-order valence-corrected chi connectivity index (χ2v) is 6.02. The van der Waals surface area contributed by atoms with Gasteiger partial charge in [0.2, 0.25) is 0 Å². The maximum Gasteiger partial charge on any atom is 0.293 e. The van der Waals surface area contributed by atoms with Crippen molar-refractivity contribution in [2.75, 3.05) is 0 Å². The van der Waals surface area contributed by atoms with Gasteiger partial charge in [-0.1, -0.05) is 89.3 Å². The molecule has 130 valence electrons. The first kappa shape index (κ1) is 20.7. The number of carbonyl (C=O) groups is 1. The molecule has 0 atom stereocenters. The van der Waals surface area contributed by atoms with Crippen molar-refractivity contribution < 1.29 is 9.53 Å². The zero-order valence-electron chi connectivity index (χ0n) is 14.6. The molecule has 0 bridgehead atoms. The maximum atomic E-state index is 9.76. The Labute approximate surface area is 158 Å². The van der Waals surface area contributed by atoms with Crippen molar-refractivity contribution in [1.29, 1.82) is 0 Å². The second kappa shape index (κ2) is 12.0. The highest BCUT2D eigenvalue weighted by Gasteiger charge is 2.03. The Hall–Kier alpha value is -2.39. The fourth-order valence-electron chi connectivity index (χ4n) is 2.17. The smallest absolute Gasteiger partial charge is 0.293 e. The van der Waals surface area contributed by atoms with Crippen LogP contribution < -0.4 is 0 Å². The molecule has 3 heteroatoms. The summed E-state index contributed by atoms with van der Waals surface area (Å²) in [5, 5.41) is 0. The molecule has 0 fully saturated rings. The van der Waals surface area contributed by atoms with Crippen LogP contribution >= 0.6 is 15.9 Å². The first-order valence-electron chi connectivity index (χ1n) is 7.94. The van der Waals surface area contributed by atoms with Gasteiger partial charge in [0.1, 0.15) is 6.61 Å². The number of carbonyl (C=O) groups excluding carboxylic acids is 1. The van der Waals surface area contributed by atoms with E-state index in [1.165, 1.54) is 16.7 Å². The van der Waals surface area contributed by atoms with Gasteiger partial charge in [-0.05, 0) is 42.2 Å². The highest BCUT2D eigenvalue weighted by Crippen LogP contribution is 2.26. The first-order valence-corrected chi connectivity index (χ1v) is 8.73. The van der Waals surface area contributed by atoms with Gasteiger partial charge in [-0.25, -0.2) is 0 Å². The van der Waals surface area contributed by atoms with Gasteiger partial charge in [0, 0.05) is 4.47 Å². The Kier molecular flexibility index (Phi) is 9.95. The van der Waals surface area contributed by atoms with Crippen molar-refractivity contribution in [3.05, 3.63) is 101 Å². The summed E-state index contributed by atoms with van der Waals surface area (Å²) in [6.45, 7) is 8.68. The molecule has 0 saturated heterocycles. The first-order chi connectivity index (χ1) is 12.1. The maximum absolute atomic E-state index is 9.76. The zero-order valence-corrected chi connectivity index (χ0v) is 16.2. The molecular formula is C22H23BrO2. The SMILES string of the molecule is C=C/C=C(\C=C/C)c1cccc(Br)c1C.O=COCc1ccccc1. The second-order valence-electron chi connectivity index (χ2n) is 5.16. The Morgan fingerprint density at radius 1 is 1.16 bits per heavy atom. The lowest BCUT2D eigenvalue weighted by molar-refractivity contribution is -0.129. The summed E-state index contributed by atoms with van der Waals surface area (Å²) in [6.07, 6.45) is 7.97. The summed E-state index contributed by atoms with van der Waals surface area (Å²) in [7, 11) is 0. The molecule has 0 aliphatic rings. The van der Waals surface area contributed by atoms with Crippen LogP contribution in [-0.2, 0) is 16.1 Å².